The Morgan fingerprint density at radius 1 is 0.214 bits per heavy atom. The molecule has 3 saturated heterocycles. The highest BCUT2D eigenvalue weighted by Gasteiger charge is 2.84. The third-order valence-corrected chi connectivity index (χ3v) is 31.5. The normalized spacial score (nSPS) is 37.4. The molecule has 0 unspecified atom stereocenters. The van der Waals surface area contributed by atoms with Gasteiger partial charge in [0.1, 0.15) is 0 Å². The van der Waals surface area contributed by atoms with Gasteiger partial charge < -0.3 is 94.3 Å². The molecule has 3 aliphatic rings. The van der Waals surface area contributed by atoms with E-state index in [1.165, 1.54) is 85.3 Å². The summed E-state index contributed by atoms with van der Waals surface area (Å²) in [6.07, 6.45) is 0. The van der Waals surface area contributed by atoms with E-state index in [0.717, 1.165) is 0 Å². The Kier molecular flexibility index (Phi) is 12.4. The first-order valence-corrected chi connectivity index (χ1v) is 24.5. The van der Waals surface area contributed by atoms with Crippen LogP contribution in [0.5, 0.6) is 0 Å². The summed E-state index contributed by atoms with van der Waals surface area (Å²) in [5.41, 5.74) is 0. The van der Waals surface area contributed by atoms with Crippen LogP contribution in [0, 0.1) is 0 Å². The van der Waals surface area contributed by atoms with Crippen LogP contribution in [-0.4, -0.2) is 158 Å². The van der Waals surface area contributed by atoms with E-state index < -0.39 is 72.4 Å². The van der Waals surface area contributed by atoms with Crippen molar-refractivity contribution in [2.45, 2.75) is 0 Å². The van der Waals surface area contributed by atoms with Gasteiger partial charge in [0.15, 0.2) is 0 Å². The molecule has 0 radical (unpaired) electrons. The van der Waals surface area contributed by atoms with Crippen LogP contribution in [0.2, 0.25) is 0 Å². The molecule has 22 nitrogen and oxygen atoms in total. The van der Waals surface area contributed by atoms with Crippen molar-refractivity contribution in [2.75, 3.05) is 85.3 Å². The number of hydrogen-bond acceptors (Lipinski definition) is 22. The zero-order chi connectivity index (χ0) is 31.6. The van der Waals surface area contributed by atoms with Crippen LogP contribution in [0.15, 0.2) is 0 Å². The molecule has 3 aliphatic heterocycles. The summed E-state index contributed by atoms with van der Waals surface area (Å²) in [6.45, 7) is 0. The van der Waals surface area contributed by atoms with Gasteiger partial charge in [0, 0.05) is 85.3 Å². The van der Waals surface area contributed by atoms with Crippen molar-refractivity contribution in [3.63, 3.8) is 0 Å². The predicted octanol–water partition coefficient (Wildman–Crippen LogP) is -2.57. The monoisotopic (exact) mass is 756 g/mol. The van der Waals surface area contributed by atoms with Gasteiger partial charge in [-0.2, -0.15) is 0 Å². The second-order valence-corrected chi connectivity index (χ2v) is 28.5. The molecular weight excluding hydrogens is 721 g/mol. The van der Waals surface area contributed by atoms with Crippen molar-refractivity contribution < 1.29 is 94.3 Å². The molecular formula is C12H36O22Si8. The van der Waals surface area contributed by atoms with E-state index in [0.29, 0.717) is 0 Å². The molecule has 0 spiro atoms. The second-order valence-electron chi connectivity index (χ2n) is 7.47. The van der Waals surface area contributed by atoms with E-state index in [9.17, 15) is 0 Å². The summed E-state index contributed by atoms with van der Waals surface area (Å²) in [6, 6.07) is 0. The van der Waals surface area contributed by atoms with Gasteiger partial charge in [-0.1, -0.05) is 0 Å². The highest BCUT2D eigenvalue weighted by Crippen LogP contribution is 2.43. The zero-order valence-electron chi connectivity index (χ0n) is 25.0. The molecule has 0 aliphatic carbocycles. The standard InChI is InChI=1S/C12H36O22Si8/c1-13-35(14-2)25-36(15-3,16-4)28-40(22-10)31-39(21-9,27-35)33-41(23-11)29-37(17-5,18-6)26-38(19-7,20-8)30-42(24-12,32-41)34-40/h1-12H3. The molecule has 3 heterocycles. The largest absolute Gasteiger partial charge is 0.667 e. The fourth-order valence-corrected chi connectivity index (χ4v) is 34.3. The van der Waals surface area contributed by atoms with Crippen LogP contribution in [0.4, 0.5) is 0 Å². The molecule has 0 aromatic heterocycles. The topological polar surface area (TPSA) is 203 Å². The minimum Gasteiger partial charge on any atom is -0.356 e. The van der Waals surface area contributed by atoms with Crippen molar-refractivity contribution >= 4 is 72.4 Å². The van der Waals surface area contributed by atoms with Gasteiger partial charge >= 0.3 is 72.4 Å². The van der Waals surface area contributed by atoms with Gasteiger partial charge in [-0.05, 0) is 0 Å². The first kappa shape index (κ1) is 37.3. The van der Waals surface area contributed by atoms with Crippen LogP contribution in [0.25, 0.3) is 0 Å². The Balaban J connectivity index is 2.38. The van der Waals surface area contributed by atoms with Crippen molar-refractivity contribution in [1.29, 1.82) is 0 Å². The van der Waals surface area contributed by atoms with E-state index in [1.807, 2.05) is 0 Å². The Morgan fingerprint density at radius 2 is 0.381 bits per heavy atom. The molecule has 0 N–H and O–H groups in total. The van der Waals surface area contributed by atoms with Crippen LogP contribution in [0.1, 0.15) is 0 Å². The molecule has 42 heavy (non-hydrogen) atoms. The third kappa shape index (κ3) is 6.92. The van der Waals surface area contributed by atoms with Gasteiger partial charge in [-0.25, -0.2) is 0 Å². The molecule has 0 aromatic carbocycles. The number of rotatable bonds is 12. The average molecular weight is 757 g/mol. The number of hydrogen-bond donors (Lipinski definition) is 0. The van der Waals surface area contributed by atoms with E-state index in [2.05, 4.69) is 0 Å². The van der Waals surface area contributed by atoms with Gasteiger partial charge in [-0.3, -0.25) is 0 Å². The van der Waals surface area contributed by atoms with Crippen molar-refractivity contribution in [2.24, 2.45) is 0 Å². The maximum absolute atomic E-state index is 6.29. The first-order chi connectivity index (χ1) is 19.8. The SMILES string of the molecule is CO[Si]1(OC)O[Si](OC)(OC)O[Si]2(OC)O[Si](OC)(O1)O[Si]1(OC)O[Si](OC)(OC)O[Si](OC)(OC)O[Si](OC)(O1)O2. The van der Waals surface area contributed by atoms with Crippen LogP contribution in [0.3, 0.4) is 0 Å². The molecule has 0 atom stereocenters. The lowest BCUT2D eigenvalue weighted by Gasteiger charge is -2.51. The van der Waals surface area contributed by atoms with Crippen molar-refractivity contribution in [3.05, 3.63) is 0 Å². The van der Waals surface area contributed by atoms with E-state index in [4.69, 9.17) is 94.3 Å². The van der Waals surface area contributed by atoms with Crippen molar-refractivity contribution in [3.8, 4) is 0 Å². The molecule has 0 aromatic rings. The summed E-state index contributed by atoms with van der Waals surface area (Å²) in [4.78, 5) is 0. The first-order valence-electron chi connectivity index (χ1n) is 11.4. The minimum atomic E-state index is -4.84. The summed E-state index contributed by atoms with van der Waals surface area (Å²) < 4.78 is 129. The maximum atomic E-state index is 6.29. The smallest absolute Gasteiger partial charge is 0.356 e. The summed E-state index contributed by atoms with van der Waals surface area (Å²) >= 11 is 0. The molecule has 3 rings (SSSR count). The molecule has 3 fully saturated rings. The summed E-state index contributed by atoms with van der Waals surface area (Å²) in [5.74, 6) is 0. The molecule has 0 saturated carbocycles. The van der Waals surface area contributed by atoms with E-state index in [-0.39, 0.29) is 0 Å². The summed E-state index contributed by atoms with van der Waals surface area (Å²) in [5, 5.41) is 0. The van der Waals surface area contributed by atoms with Gasteiger partial charge in [0.2, 0.25) is 0 Å². The van der Waals surface area contributed by atoms with E-state index in [1.54, 1.807) is 0 Å². The zero-order valence-corrected chi connectivity index (χ0v) is 33.0. The fraction of sp³-hybridized carbons (Fsp3) is 1.00. The van der Waals surface area contributed by atoms with Crippen molar-refractivity contribution in [1.82, 2.24) is 0 Å². The molecule has 4 bridgehead atoms. The minimum absolute atomic E-state index is 1.17. The number of fused-ring (bicyclic) bond motifs is 4. The average Bonchev–Trinajstić information content (AvgIpc) is 3.00. The quantitative estimate of drug-likeness (QED) is 0.188. The van der Waals surface area contributed by atoms with Crippen LogP contribution in [-0.2, 0) is 94.3 Å². The summed E-state index contributed by atoms with van der Waals surface area (Å²) in [7, 11) is -22.5. The van der Waals surface area contributed by atoms with Gasteiger partial charge in [0.25, 0.3) is 0 Å². The lowest BCUT2D eigenvalue weighted by Crippen LogP contribution is -2.84. The Hall–Kier alpha value is 0.855. The van der Waals surface area contributed by atoms with Gasteiger partial charge in [-0.15, -0.1) is 0 Å². The van der Waals surface area contributed by atoms with Gasteiger partial charge in [0.05, 0.1) is 0 Å². The highest BCUT2D eigenvalue weighted by atomic mass is 28.6. The maximum Gasteiger partial charge on any atom is 0.667 e. The molecule has 30 heteroatoms. The Bertz CT molecular complexity index is 761. The third-order valence-electron chi connectivity index (χ3n) is 5.50. The van der Waals surface area contributed by atoms with Crippen LogP contribution >= 0.6 is 0 Å². The van der Waals surface area contributed by atoms with Crippen LogP contribution < -0.4 is 0 Å². The lowest BCUT2D eigenvalue weighted by molar-refractivity contribution is -0.123. The fourth-order valence-electron chi connectivity index (χ4n) is 3.36. The molecule has 0 amide bonds. The predicted molar refractivity (Wildman–Crippen MR) is 141 cm³/mol. The lowest BCUT2D eigenvalue weighted by atomic mass is 11.8. The van der Waals surface area contributed by atoms with E-state index >= 15 is 0 Å². The highest BCUT2D eigenvalue weighted by molar-refractivity contribution is 6.92. The Morgan fingerprint density at radius 3 is 0.500 bits per heavy atom. The molecule has 248 valence electrons. The Labute approximate surface area is 251 Å². The second kappa shape index (κ2) is 13.9.